The maximum Gasteiger partial charge on any atom is 0.335 e. The van der Waals surface area contributed by atoms with Crippen molar-refractivity contribution in [2.75, 3.05) is 0 Å². The fourth-order valence-electron chi connectivity index (χ4n) is 1.11. The predicted octanol–water partition coefficient (Wildman–Crippen LogP) is 1.62. The van der Waals surface area contributed by atoms with Crippen molar-refractivity contribution in [2.24, 2.45) is 0 Å². The molecule has 0 radical (unpaired) electrons. The third-order valence-electron chi connectivity index (χ3n) is 1.78. The maximum atomic E-state index is 11.0. The van der Waals surface area contributed by atoms with Crippen molar-refractivity contribution in [3.63, 3.8) is 0 Å². The van der Waals surface area contributed by atoms with Gasteiger partial charge in [-0.2, -0.15) is 0 Å². The van der Waals surface area contributed by atoms with Gasteiger partial charge in [0.25, 0.3) is 9.05 Å². The molecule has 0 heterocycles. The Kier molecular flexibility index (Phi) is 2.82. The Hall–Kier alpha value is -1.07. The summed E-state index contributed by atoms with van der Waals surface area (Å²) in [5, 5.41) is 8.72. The second-order valence-electron chi connectivity index (χ2n) is 2.67. The van der Waals surface area contributed by atoms with Gasteiger partial charge in [-0.05, 0) is 24.6 Å². The van der Waals surface area contributed by atoms with E-state index in [-0.39, 0.29) is 16.0 Å². The number of benzene rings is 1. The second-order valence-corrected chi connectivity index (χ2v) is 5.21. The van der Waals surface area contributed by atoms with Crippen LogP contribution < -0.4 is 0 Å². The van der Waals surface area contributed by atoms with Crippen LogP contribution >= 0.6 is 10.7 Å². The monoisotopic (exact) mass is 234 g/mol. The van der Waals surface area contributed by atoms with Crippen LogP contribution in [0.2, 0.25) is 0 Å². The molecule has 0 spiro atoms. The van der Waals surface area contributed by atoms with E-state index in [0.717, 1.165) is 0 Å². The summed E-state index contributed by atoms with van der Waals surface area (Å²) in [6.45, 7) is 1.40. The lowest BCUT2D eigenvalue weighted by Crippen LogP contribution is -2.04. The van der Waals surface area contributed by atoms with Gasteiger partial charge in [0.2, 0.25) is 0 Å². The zero-order valence-corrected chi connectivity index (χ0v) is 8.76. The highest BCUT2D eigenvalue weighted by molar-refractivity contribution is 8.13. The van der Waals surface area contributed by atoms with Gasteiger partial charge < -0.3 is 5.11 Å². The van der Waals surface area contributed by atoms with Crippen molar-refractivity contribution in [3.05, 3.63) is 29.3 Å². The molecule has 1 N–H and O–H groups in total. The molecular formula is C8H7ClO4S. The van der Waals surface area contributed by atoms with E-state index in [2.05, 4.69) is 0 Å². The quantitative estimate of drug-likeness (QED) is 0.790. The van der Waals surface area contributed by atoms with Crippen molar-refractivity contribution in [1.29, 1.82) is 0 Å². The molecule has 0 aliphatic carbocycles. The first-order chi connectivity index (χ1) is 6.34. The van der Waals surface area contributed by atoms with Crippen molar-refractivity contribution < 1.29 is 18.3 Å². The Morgan fingerprint density at radius 1 is 1.43 bits per heavy atom. The van der Waals surface area contributed by atoms with Gasteiger partial charge in [-0.1, -0.05) is 6.07 Å². The van der Waals surface area contributed by atoms with Crippen LogP contribution in [0, 0.1) is 6.92 Å². The average molecular weight is 235 g/mol. The summed E-state index contributed by atoms with van der Waals surface area (Å²) in [6.07, 6.45) is 0. The zero-order valence-electron chi connectivity index (χ0n) is 7.19. The van der Waals surface area contributed by atoms with Gasteiger partial charge in [-0.25, -0.2) is 13.2 Å². The first kappa shape index (κ1) is 11.0. The standard InChI is InChI=1S/C8H7ClO4S/c1-5-6(8(10)11)3-2-4-7(5)14(9,12)13/h2-4H,1H3,(H,10,11). The van der Waals surface area contributed by atoms with Gasteiger partial charge in [0.05, 0.1) is 10.5 Å². The molecule has 0 unspecified atom stereocenters. The van der Waals surface area contributed by atoms with Crippen LogP contribution in [-0.4, -0.2) is 19.5 Å². The van der Waals surface area contributed by atoms with E-state index < -0.39 is 15.0 Å². The molecule has 0 aliphatic rings. The lowest BCUT2D eigenvalue weighted by atomic mass is 10.1. The van der Waals surface area contributed by atoms with Gasteiger partial charge >= 0.3 is 5.97 Å². The van der Waals surface area contributed by atoms with Crippen LogP contribution in [0.5, 0.6) is 0 Å². The van der Waals surface area contributed by atoms with Gasteiger partial charge in [0.15, 0.2) is 0 Å². The van der Waals surface area contributed by atoms with Crippen LogP contribution in [0.25, 0.3) is 0 Å². The third kappa shape index (κ3) is 2.05. The number of halogens is 1. The lowest BCUT2D eigenvalue weighted by molar-refractivity contribution is 0.0696. The third-order valence-corrected chi connectivity index (χ3v) is 3.24. The molecule has 1 aromatic carbocycles. The van der Waals surface area contributed by atoms with E-state index in [9.17, 15) is 13.2 Å². The topological polar surface area (TPSA) is 71.4 Å². The molecule has 6 heteroatoms. The van der Waals surface area contributed by atoms with Gasteiger partial charge in [0, 0.05) is 10.7 Å². The Labute approximate surface area is 85.5 Å². The summed E-state index contributed by atoms with van der Waals surface area (Å²) in [7, 11) is 1.24. The Balaban J connectivity index is 3.51. The molecule has 0 saturated carbocycles. The largest absolute Gasteiger partial charge is 0.478 e. The summed E-state index contributed by atoms with van der Waals surface area (Å²) < 4.78 is 22.0. The van der Waals surface area contributed by atoms with Gasteiger partial charge in [0.1, 0.15) is 0 Å². The van der Waals surface area contributed by atoms with E-state index in [1.165, 1.54) is 25.1 Å². The smallest absolute Gasteiger partial charge is 0.335 e. The highest BCUT2D eigenvalue weighted by Gasteiger charge is 2.17. The van der Waals surface area contributed by atoms with Crippen molar-refractivity contribution >= 4 is 25.7 Å². The number of carboxylic acids is 1. The summed E-state index contributed by atoms with van der Waals surface area (Å²) in [5.74, 6) is -1.18. The molecule has 4 nitrogen and oxygen atoms in total. The Morgan fingerprint density at radius 2 is 2.00 bits per heavy atom. The summed E-state index contributed by atoms with van der Waals surface area (Å²) >= 11 is 0. The van der Waals surface area contributed by atoms with Gasteiger partial charge in [-0.15, -0.1) is 0 Å². The average Bonchev–Trinajstić information content (AvgIpc) is 2.01. The minimum atomic E-state index is -3.88. The molecule has 76 valence electrons. The molecule has 0 aliphatic heterocycles. The summed E-state index contributed by atoms with van der Waals surface area (Å²) in [5.41, 5.74) is 0.0849. The molecule has 0 aromatic heterocycles. The molecule has 0 atom stereocenters. The molecule has 0 amide bonds. The fourth-order valence-corrected chi connectivity index (χ4v) is 2.33. The predicted molar refractivity (Wildman–Crippen MR) is 51.2 cm³/mol. The van der Waals surface area contributed by atoms with Crippen molar-refractivity contribution in [1.82, 2.24) is 0 Å². The molecule has 0 bridgehead atoms. The maximum absolute atomic E-state index is 11.0. The van der Waals surface area contributed by atoms with Crippen LogP contribution in [0.15, 0.2) is 23.1 Å². The number of carbonyl (C=O) groups is 1. The highest BCUT2D eigenvalue weighted by atomic mass is 35.7. The minimum Gasteiger partial charge on any atom is -0.478 e. The number of hydrogen-bond donors (Lipinski definition) is 1. The Morgan fingerprint density at radius 3 is 2.43 bits per heavy atom. The molecule has 0 fully saturated rings. The van der Waals surface area contributed by atoms with Crippen LogP contribution in [-0.2, 0) is 9.05 Å². The minimum absolute atomic E-state index is 0.0632. The molecule has 1 aromatic rings. The van der Waals surface area contributed by atoms with E-state index in [0.29, 0.717) is 0 Å². The van der Waals surface area contributed by atoms with Gasteiger partial charge in [-0.3, -0.25) is 0 Å². The first-order valence-electron chi connectivity index (χ1n) is 3.61. The highest BCUT2D eigenvalue weighted by Crippen LogP contribution is 2.22. The lowest BCUT2D eigenvalue weighted by Gasteiger charge is -2.04. The zero-order chi connectivity index (χ0) is 10.9. The van der Waals surface area contributed by atoms with E-state index >= 15 is 0 Å². The molecule has 14 heavy (non-hydrogen) atoms. The Bertz CT molecular complexity index is 478. The van der Waals surface area contributed by atoms with E-state index in [1.54, 1.807) is 0 Å². The molecule has 1 rings (SSSR count). The van der Waals surface area contributed by atoms with Crippen LogP contribution in [0.4, 0.5) is 0 Å². The van der Waals surface area contributed by atoms with Crippen LogP contribution in [0.1, 0.15) is 15.9 Å². The number of carboxylic acid groups (broad SMARTS) is 1. The normalized spacial score (nSPS) is 11.3. The second kappa shape index (κ2) is 3.59. The van der Waals surface area contributed by atoms with E-state index in [1.807, 2.05) is 0 Å². The van der Waals surface area contributed by atoms with Crippen molar-refractivity contribution in [2.45, 2.75) is 11.8 Å². The number of rotatable bonds is 2. The number of hydrogen-bond acceptors (Lipinski definition) is 3. The summed E-state index contributed by atoms with van der Waals surface area (Å²) in [4.78, 5) is 10.5. The van der Waals surface area contributed by atoms with Crippen LogP contribution in [0.3, 0.4) is 0 Å². The summed E-state index contributed by atoms with van der Waals surface area (Å²) in [6, 6.07) is 3.93. The molecule has 0 saturated heterocycles. The first-order valence-corrected chi connectivity index (χ1v) is 5.92. The number of aromatic carboxylic acids is 1. The SMILES string of the molecule is Cc1c(C(=O)O)cccc1S(=O)(=O)Cl. The van der Waals surface area contributed by atoms with Crippen molar-refractivity contribution in [3.8, 4) is 0 Å². The van der Waals surface area contributed by atoms with E-state index in [4.69, 9.17) is 15.8 Å². The fraction of sp³-hybridized carbons (Fsp3) is 0.125. The molecular weight excluding hydrogens is 228 g/mol.